The first kappa shape index (κ1) is 24.5. The fourth-order valence-corrected chi connectivity index (χ4v) is 3.71. The Hall–Kier alpha value is -2.74. The number of halogens is 4. The van der Waals surface area contributed by atoms with Crippen LogP contribution in [0.15, 0.2) is 47.4 Å². The summed E-state index contributed by atoms with van der Waals surface area (Å²) in [5.74, 6) is -2.56. The molecule has 0 spiro atoms. The lowest BCUT2D eigenvalue weighted by Crippen LogP contribution is -2.40. The molecule has 13 heteroatoms. The summed E-state index contributed by atoms with van der Waals surface area (Å²) in [6.45, 7) is -1.29. The van der Waals surface area contributed by atoms with E-state index in [4.69, 9.17) is 5.11 Å². The lowest BCUT2D eigenvalue weighted by atomic mass is 10.2. The first-order valence-corrected chi connectivity index (χ1v) is 10.1. The summed E-state index contributed by atoms with van der Waals surface area (Å²) in [6.07, 6.45) is -8.12. The van der Waals surface area contributed by atoms with Gasteiger partial charge >= 0.3 is 6.18 Å². The van der Waals surface area contributed by atoms with Crippen molar-refractivity contribution < 1.29 is 46.1 Å². The molecular formula is C18H18F4N2O6S. The highest BCUT2D eigenvalue weighted by atomic mass is 32.2. The molecule has 0 radical (unpaired) electrons. The van der Waals surface area contributed by atoms with Crippen LogP contribution in [0, 0.1) is 5.82 Å². The van der Waals surface area contributed by atoms with Gasteiger partial charge in [-0.15, -0.1) is 0 Å². The summed E-state index contributed by atoms with van der Waals surface area (Å²) in [4.78, 5) is 11.8. The van der Waals surface area contributed by atoms with E-state index in [0.29, 0.717) is 6.07 Å². The van der Waals surface area contributed by atoms with E-state index < -0.39 is 75.0 Å². The molecule has 5 N–H and O–H groups in total. The van der Waals surface area contributed by atoms with E-state index in [-0.39, 0.29) is 6.07 Å². The molecule has 2 atom stereocenters. The molecule has 2 aromatic rings. The second kappa shape index (κ2) is 9.60. The Morgan fingerprint density at radius 3 is 2.32 bits per heavy atom. The summed E-state index contributed by atoms with van der Waals surface area (Å²) in [6, 6.07) is 6.25. The van der Waals surface area contributed by atoms with Gasteiger partial charge in [-0.2, -0.15) is 13.2 Å². The maximum absolute atomic E-state index is 13.4. The van der Waals surface area contributed by atoms with Crippen LogP contribution in [0.3, 0.4) is 0 Å². The predicted molar refractivity (Wildman–Crippen MR) is 100 cm³/mol. The monoisotopic (exact) mass is 466 g/mol. The van der Waals surface area contributed by atoms with Crippen LogP contribution in [0.5, 0.6) is 0 Å². The molecule has 31 heavy (non-hydrogen) atoms. The number of sulfonamides is 1. The predicted octanol–water partition coefficient (Wildman–Crippen LogP) is 1.09. The minimum absolute atomic E-state index is 0.280. The lowest BCUT2D eigenvalue weighted by Gasteiger charge is -2.17. The first-order chi connectivity index (χ1) is 14.4. The standard InChI is InChI=1S/C18H18F4N2O6S/c19-13-6-5-10(7-12(13)18(20,21)22)24-31(29,30)16-4-2-1-3-11(16)17(28)23-8-14(26)15(27)9-25/h1-7,14-15,24-27H,8-9H2,(H,23,28). The highest BCUT2D eigenvalue weighted by Crippen LogP contribution is 2.33. The van der Waals surface area contributed by atoms with E-state index in [1.165, 1.54) is 12.1 Å². The van der Waals surface area contributed by atoms with E-state index in [2.05, 4.69) is 5.32 Å². The number of rotatable bonds is 8. The zero-order valence-corrected chi connectivity index (χ0v) is 16.4. The molecular weight excluding hydrogens is 448 g/mol. The molecule has 0 heterocycles. The lowest BCUT2D eigenvalue weighted by molar-refractivity contribution is -0.139. The van der Waals surface area contributed by atoms with Gasteiger partial charge in [-0.3, -0.25) is 9.52 Å². The van der Waals surface area contributed by atoms with Crippen molar-refractivity contribution >= 4 is 21.6 Å². The Kier molecular flexibility index (Phi) is 7.59. The van der Waals surface area contributed by atoms with Crippen LogP contribution < -0.4 is 10.0 Å². The van der Waals surface area contributed by atoms with Gasteiger partial charge in [-0.05, 0) is 30.3 Å². The summed E-state index contributed by atoms with van der Waals surface area (Å²) in [5.41, 5.74) is -2.65. The van der Waals surface area contributed by atoms with Crippen molar-refractivity contribution in [1.82, 2.24) is 5.32 Å². The molecule has 170 valence electrons. The van der Waals surface area contributed by atoms with Crippen molar-refractivity contribution in [3.63, 3.8) is 0 Å². The van der Waals surface area contributed by atoms with Crippen molar-refractivity contribution in [1.29, 1.82) is 0 Å². The number of aliphatic hydroxyl groups is 3. The number of aliphatic hydroxyl groups excluding tert-OH is 3. The number of anilines is 1. The van der Waals surface area contributed by atoms with Gasteiger partial charge < -0.3 is 20.6 Å². The Balaban J connectivity index is 2.30. The van der Waals surface area contributed by atoms with Crippen LogP contribution >= 0.6 is 0 Å². The van der Waals surface area contributed by atoms with Crippen molar-refractivity contribution in [2.45, 2.75) is 23.3 Å². The molecule has 1 amide bonds. The number of carbonyl (C=O) groups is 1. The third-order valence-corrected chi connectivity index (χ3v) is 5.49. The summed E-state index contributed by atoms with van der Waals surface area (Å²) in [5, 5.41) is 29.8. The van der Waals surface area contributed by atoms with Gasteiger partial charge in [-0.25, -0.2) is 12.8 Å². The van der Waals surface area contributed by atoms with Crippen molar-refractivity contribution in [3.05, 3.63) is 59.4 Å². The number of carbonyl (C=O) groups excluding carboxylic acids is 1. The third-order valence-electron chi connectivity index (χ3n) is 4.05. The van der Waals surface area contributed by atoms with Gasteiger partial charge in [0, 0.05) is 12.2 Å². The molecule has 0 bridgehead atoms. The number of amides is 1. The van der Waals surface area contributed by atoms with Crippen molar-refractivity contribution in [2.24, 2.45) is 0 Å². The minimum atomic E-state index is -5.05. The van der Waals surface area contributed by atoms with Crippen LogP contribution in [-0.4, -0.2) is 55.0 Å². The summed E-state index contributed by atoms with van der Waals surface area (Å²) >= 11 is 0. The van der Waals surface area contributed by atoms with E-state index in [0.717, 1.165) is 18.2 Å². The van der Waals surface area contributed by atoms with Gasteiger partial charge in [0.2, 0.25) is 0 Å². The van der Waals surface area contributed by atoms with E-state index in [9.17, 15) is 41.0 Å². The third kappa shape index (κ3) is 6.13. The molecule has 2 aromatic carbocycles. The maximum atomic E-state index is 13.4. The Labute approximate surface area is 174 Å². The summed E-state index contributed by atoms with van der Waals surface area (Å²) in [7, 11) is -4.58. The average molecular weight is 466 g/mol. The number of nitrogens with one attached hydrogen (secondary N) is 2. The van der Waals surface area contributed by atoms with Gasteiger partial charge in [0.1, 0.15) is 16.8 Å². The highest BCUT2D eigenvalue weighted by molar-refractivity contribution is 7.92. The number of hydrogen-bond acceptors (Lipinski definition) is 6. The second-order valence-electron chi connectivity index (χ2n) is 6.32. The van der Waals surface area contributed by atoms with Crippen LogP contribution in [0.1, 0.15) is 15.9 Å². The Morgan fingerprint density at radius 1 is 1.06 bits per heavy atom. The molecule has 0 saturated carbocycles. The van der Waals surface area contributed by atoms with Crippen molar-refractivity contribution in [3.8, 4) is 0 Å². The van der Waals surface area contributed by atoms with Crippen LogP contribution in [0.25, 0.3) is 0 Å². The molecule has 8 nitrogen and oxygen atoms in total. The van der Waals surface area contributed by atoms with Gasteiger partial charge in [0.05, 0.1) is 23.8 Å². The van der Waals surface area contributed by atoms with Gasteiger partial charge in [-0.1, -0.05) is 12.1 Å². The fraction of sp³-hybridized carbons (Fsp3) is 0.278. The quantitative estimate of drug-likeness (QED) is 0.370. The topological polar surface area (TPSA) is 136 Å². The number of hydrogen-bond donors (Lipinski definition) is 5. The normalized spacial score (nSPS) is 14.0. The zero-order chi connectivity index (χ0) is 23.4. The molecule has 0 aliphatic rings. The molecule has 0 fully saturated rings. The van der Waals surface area contributed by atoms with Crippen LogP contribution in [0.4, 0.5) is 23.2 Å². The molecule has 0 aromatic heterocycles. The Morgan fingerprint density at radius 2 is 1.71 bits per heavy atom. The fourth-order valence-electron chi connectivity index (χ4n) is 2.45. The average Bonchev–Trinajstić information content (AvgIpc) is 2.71. The minimum Gasteiger partial charge on any atom is -0.394 e. The largest absolute Gasteiger partial charge is 0.419 e. The SMILES string of the molecule is O=C(NCC(O)C(O)CO)c1ccccc1S(=O)(=O)Nc1ccc(F)c(C(F)(F)F)c1. The van der Waals surface area contributed by atoms with E-state index in [1.807, 2.05) is 4.72 Å². The van der Waals surface area contributed by atoms with Gasteiger partial charge in [0.25, 0.3) is 15.9 Å². The van der Waals surface area contributed by atoms with E-state index in [1.54, 1.807) is 0 Å². The molecule has 2 rings (SSSR count). The first-order valence-electron chi connectivity index (χ1n) is 8.60. The number of benzene rings is 2. The number of alkyl halides is 3. The smallest absolute Gasteiger partial charge is 0.394 e. The van der Waals surface area contributed by atoms with Gasteiger partial charge in [0.15, 0.2) is 0 Å². The molecule has 0 aliphatic heterocycles. The van der Waals surface area contributed by atoms with Crippen LogP contribution in [0.2, 0.25) is 0 Å². The molecule has 0 saturated heterocycles. The van der Waals surface area contributed by atoms with E-state index >= 15 is 0 Å². The van der Waals surface area contributed by atoms with Crippen LogP contribution in [-0.2, 0) is 16.2 Å². The summed E-state index contributed by atoms with van der Waals surface area (Å²) < 4.78 is 79.2. The zero-order valence-electron chi connectivity index (χ0n) is 15.6. The molecule has 0 aliphatic carbocycles. The molecule has 2 unspecified atom stereocenters. The highest BCUT2D eigenvalue weighted by Gasteiger charge is 2.34. The maximum Gasteiger partial charge on any atom is 0.419 e. The Bertz CT molecular complexity index is 1050. The second-order valence-corrected chi connectivity index (χ2v) is 7.97. The van der Waals surface area contributed by atoms with Crippen molar-refractivity contribution in [2.75, 3.05) is 17.9 Å².